The summed E-state index contributed by atoms with van der Waals surface area (Å²) in [6, 6.07) is 4.28. The van der Waals surface area contributed by atoms with E-state index in [0.717, 1.165) is 12.2 Å². The van der Waals surface area contributed by atoms with Gasteiger partial charge in [-0.15, -0.1) is 0 Å². The Bertz CT molecular complexity index is 346. The second kappa shape index (κ2) is 5.87. The molecule has 1 aromatic rings. The zero-order valence-electron chi connectivity index (χ0n) is 10.4. The Kier molecular flexibility index (Phi) is 4.77. The van der Waals surface area contributed by atoms with E-state index in [-0.39, 0.29) is 0 Å². The molecule has 0 aliphatic rings. The summed E-state index contributed by atoms with van der Waals surface area (Å²) in [5, 5.41) is 0. The van der Waals surface area contributed by atoms with Gasteiger partial charge in [0.25, 0.3) is 0 Å². The van der Waals surface area contributed by atoms with Crippen LogP contribution in [0.2, 0.25) is 0 Å². The largest absolute Gasteiger partial charge is 0.496 e. The van der Waals surface area contributed by atoms with Gasteiger partial charge in [0.15, 0.2) is 0 Å². The predicted molar refractivity (Wildman–Crippen MR) is 67.8 cm³/mol. The van der Waals surface area contributed by atoms with Crippen LogP contribution in [0, 0.1) is 19.8 Å². The summed E-state index contributed by atoms with van der Waals surface area (Å²) in [7, 11) is 1.71. The van der Waals surface area contributed by atoms with Crippen molar-refractivity contribution in [1.29, 1.82) is 0 Å². The highest BCUT2D eigenvalue weighted by Crippen LogP contribution is 2.26. The lowest BCUT2D eigenvalue weighted by Crippen LogP contribution is -2.25. The standard InChI is InChI=1S/C13H22N2O/c1-9-4-10(2)13(16-3)12(5-9)6-11(7-14)8-15/h4-5,11H,6-8,14-15H2,1-3H3. The van der Waals surface area contributed by atoms with E-state index in [1.807, 2.05) is 0 Å². The molecule has 0 aromatic heterocycles. The Morgan fingerprint density at radius 3 is 2.31 bits per heavy atom. The molecule has 90 valence electrons. The molecule has 0 unspecified atom stereocenters. The first-order valence-electron chi connectivity index (χ1n) is 5.66. The molecule has 0 amide bonds. The van der Waals surface area contributed by atoms with E-state index in [4.69, 9.17) is 16.2 Å². The molecule has 1 aromatic carbocycles. The number of aryl methyl sites for hydroxylation is 2. The quantitative estimate of drug-likeness (QED) is 0.791. The first-order valence-corrected chi connectivity index (χ1v) is 5.66. The SMILES string of the molecule is COc1c(C)cc(C)cc1CC(CN)CN. The summed E-state index contributed by atoms with van der Waals surface area (Å²) >= 11 is 0. The summed E-state index contributed by atoms with van der Waals surface area (Å²) in [6.45, 7) is 5.39. The molecule has 0 fully saturated rings. The third-order valence-electron chi connectivity index (χ3n) is 2.88. The molecule has 0 atom stereocenters. The molecule has 0 radical (unpaired) electrons. The van der Waals surface area contributed by atoms with Gasteiger partial charge in [-0.25, -0.2) is 0 Å². The van der Waals surface area contributed by atoms with E-state index in [9.17, 15) is 0 Å². The van der Waals surface area contributed by atoms with Crippen molar-refractivity contribution in [3.63, 3.8) is 0 Å². The van der Waals surface area contributed by atoms with Gasteiger partial charge in [0.1, 0.15) is 5.75 Å². The van der Waals surface area contributed by atoms with E-state index in [1.165, 1.54) is 16.7 Å². The van der Waals surface area contributed by atoms with Crippen molar-refractivity contribution in [2.75, 3.05) is 20.2 Å². The van der Waals surface area contributed by atoms with E-state index < -0.39 is 0 Å². The second-order valence-electron chi connectivity index (χ2n) is 4.32. The van der Waals surface area contributed by atoms with E-state index >= 15 is 0 Å². The van der Waals surface area contributed by atoms with Crippen molar-refractivity contribution in [3.8, 4) is 5.75 Å². The van der Waals surface area contributed by atoms with Crippen LogP contribution in [-0.2, 0) is 6.42 Å². The Balaban J connectivity index is 3.01. The van der Waals surface area contributed by atoms with Crippen LogP contribution < -0.4 is 16.2 Å². The lowest BCUT2D eigenvalue weighted by Gasteiger charge is -2.17. The normalized spacial score (nSPS) is 10.9. The van der Waals surface area contributed by atoms with Crippen LogP contribution in [0.25, 0.3) is 0 Å². The third-order valence-corrected chi connectivity index (χ3v) is 2.88. The molecule has 16 heavy (non-hydrogen) atoms. The minimum Gasteiger partial charge on any atom is -0.496 e. The number of nitrogens with two attached hydrogens (primary N) is 2. The number of ether oxygens (including phenoxy) is 1. The topological polar surface area (TPSA) is 61.3 Å². The second-order valence-corrected chi connectivity index (χ2v) is 4.32. The van der Waals surface area contributed by atoms with Gasteiger partial charge in [0.05, 0.1) is 7.11 Å². The molecule has 3 heteroatoms. The minimum absolute atomic E-state index is 0.329. The monoisotopic (exact) mass is 222 g/mol. The van der Waals surface area contributed by atoms with Crippen molar-refractivity contribution >= 4 is 0 Å². The van der Waals surface area contributed by atoms with Crippen molar-refractivity contribution in [3.05, 3.63) is 28.8 Å². The Labute approximate surface area is 97.8 Å². The molecule has 0 aliphatic carbocycles. The fraction of sp³-hybridized carbons (Fsp3) is 0.538. The van der Waals surface area contributed by atoms with Crippen LogP contribution >= 0.6 is 0 Å². The first kappa shape index (κ1) is 13.0. The maximum Gasteiger partial charge on any atom is 0.124 e. The lowest BCUT2D eigenvalue weighted by atomic mass is 9.95. The van der Waals surface area contributed by atoms with E-state index in [0.29, 0.717) is 19.0 Å². The van der Waals surface area contributed by atoms with Crippen LogP contribution in [-0.4, -0.2) is 20.2 Å². The number of benzene rings is 1. The predicted octanol–water partition coefficient (Wildman–Crippen LogP) is 1.39. The highest BCUT2D eigenvalue weighted by Gasteiger charge is 2.12. The molecule has 0 saturated carbocycles. The third kappa shape index (κ3) is 2.97. The summed E-state index contributed by atoms with van der Waals surface area (Å²) in [5.74, 6) is 1.30. The molecule has 0 saturated heterocycles. The number of hydrogen-bond acceptors (Lipinski definition) is 3. The Hall–Kier alpha value is -1.06. The van der Waals surface area contributed by atoms with Crippen molar-refractivity contribution in [1.82, 2.24) is 0 Å². The van der Waals surface area contributed by atoms with Crippen LogP contribution in [0.4, 0.5) is 0 Å². The van der Waals surface area contributed by atoms with E-state index in [2.05, 4.69) is 26.0 Å². The zero-order valence-corrected chi connectivity index (χ0v) is 10.4. The summed E-state index contributed by atoms with van der Waals surface area (Å²) < 4.78 is 5.44. The van der Waals surface area contributed by atoms with E-state index in [1.54, 1.807) is 7.11 Å². The Morgan fingerprint density at radius 2 is 1.81 bits per heavy atom. The van der Waals surface area contributed by atoms with Crippen molar-refractivity contribution < 1.29 is 4.74 Å². The van der Waals surface area contributed by atoms with Crippen molar-refractivity contribution in [2.24, 2.45) is 17.4 Å². The van der Waals surface area contributed by atoms with Crippen LogP contribution in [0.1, 0.15) is 16.7 Å². The number of hydrogen-bond donors (Lipinski definition) is 2. The van der Waals surface area contributed by atoms with Crippen molar-refractivity contribution in [2.45, 2.75) is 20.3 Å². The van der Waals surface area contributed by atoms with Crippen LogP contribution in [0.15, 0.2) is 12.1 Å². The highest BCUT2D eigenvalue weighted by molar-refractivity contribution is 5.44. The van der Waals surface area contributed by atoms with Gasteiger partial charge < -0.3 is 16.2 Å². The van der Waals surface area contributed by atoms with Gasteiger partial charge >= 0.3 is 0 Å². The van der Waals surface area contributed by atoms with Crippen LogP contribution in [0.5, 0.6) is 5.75 Å². The molecule has 3 nitrogen and oxygen atoms in total. The van der Waals surface area contributed by atoms with Gasteiger partial charge in [-0.1, -0.05) is 17.7 Å². The zero-order chi connectivity index (χ0) is 12.1. The smallest absolute Gasteiger partial charge is 0.124 e. The molecule has 1 rings (SSSR count). The fourth-order valence-corrected chi connectivity index (χ4v) is 2.06. The first-order chi connectivity index (χ1) is 7.62. The summed E-state index contributed by atoms with van der Waals surface area (Å²) in [5.41, 5.74) is 15.0. The number of rotatable bonds is 5. The van der Waals surface area contributed by atoms with Gasteiger partial charge in [-0.05, 0) is 50.4 Å². The molecular formula is C13H22N2O. The molecule has 4 N–H and O–H groups in total. The minimum atomic E-state index is 0.329. The highest BCUT2D eigenvalue weighted by atomic mass is 16.5. The molecule has 0 bridgehead atoms. The number of methoxy groups -OCH3 is 1. The summed E-state index contributed by atoms with van der Waals surface area (Å²) in [4.78, 5) is 0. The average Bonchev–Trinajstić information content (AvgIpc) is 2.25. The maximum absolute atomic E-state index is 5.68. The maximum atomic E-state index is 5.68. The molecule has 0 aliphatic heterocycles. The molecular weight excluding hydrogens is 200 g/mol. The van der Waals surface area contributed by atoms with Gasteiger partial charge in [-0.2, -0.15) is 0 Å². The Morgan fingerprint density at radius 1 is 1.19 bits per heavy atom. The van der Waals surface area contributed by atoms with Gasteiger partial charge in [0.2, 0.25) is 0 Å². The molecule has 0 heterocycles. The summed E-state index contributed by atoms with van der Waals surface area (Å²) in [6.07, 6.45) is 0.888. The molecule has 0 spiro atoms. The lowest BCUT2D eigenvalue weighted by molar-refractivity contribution is 0.401. The van der Waals surface area contributed by atoms with Gasteiger partial charge in [-0.3, -0.25) is 0 Å². The van der Waals surface area contributed by atoms with Crippen LogP contribution in [0.3, 0.4) is 0 Å². The van der Waals surface area contributed by atoms with Gasteiger partial charge in [0, 0.05) is 0 Å². The average molecular weight is 222 g/mol. The fourth-order valence-electron chi connectivity index (χ4n) is 2.06.